The third-order valence-corrected chi connectivity index (χ3v) is 2.59. The molecule has 4 heteroatoms. The molecule has 0 saturated carbocycles. The number of ether oxygens (including phenoxy) is 1. The van der Waals surface area contributed by atoms with Crippen molar-refractivity contribution in [1.82, 2.24) is 0 Å². The van der Waals surface area contributed by atoms with Gasteiger partial charge in [-0.15, -0.1) is 0 Å². The topological polar surface area (TPSA) is 46.5 Å². The van der Waals surface area contributed by atoms with E-state index in [2.05, 4.69) is 0 Å². The minimum atomic E-state index is -0.948. The number of hydrogen-bond donors (Lipinski definition) is 1. The standard InChI is InChI=1S/C10H10O3.C4H4S/c1-13-9-5-2-8(3-6-9)4-7-10(11)12;1-2-4-5-3-1/h2-7H,1H3,(H,11,12);1-4H/b7-4+;. The van der Waals surface area contributed by atoms with Crippen LogP contribution in [-0.4, -0.2) is 18.2 Å². The van der Waals surface area contributed by atoms with Crippen molar-refractivity contribution < 1.29 is 14.6 Å². The molecule has 0 fully saturated rings. The summed E-state index contributed by atoms with van der Waals surface area (Å²) in [5.41, 5.74) is 0.836. The molecule has 1 heterocycles. The van der Waals surface area contributed by atoms with Gasteiger partial charge in [-0.2, -0.15) is 11.3 Å². The summed E-state index contributed by atoms with van der Waals surface area (Å²) in [6, 6.07) is 11.2. The summed E-state index contributed by atoms with van der Waals surface area (Å²) in [5.74, 6) is -0.191. The molecular formula is C14H14O3S. The minimum Gasteiger partial charge on any atom is -0.497 e. The highest BCUT2D eigenvalue weighted by Gasteiger charge is 1.91. The SMILES string of the molecule is COc1ccc(/C=C/C(=O)O)cc1.c1ccsc1. The Balaban J connectivity index is 0.000000269. The highest BCUT2D eigenvalue weighted by atomic mass is 32.1. The van der Waals surface area contributed by atoms with Gasteiger partial charge in [0.1, 0.15) is 5.75 Å². The van der Waals surface area contributed by atoms with Crippen molar-refractivity contribution in [2.75, 3.05) is 7.11 Å². The van der Waals surface area contributed by atoms with Gasteiger partial charge in [0.2, 0.25) is 0 Å². The third-order valence-electron chi connectivity index (χ3n) is 1.96. The molecule has 0 radical (unpaired) electrons. The predicted molar refractivity (Wildman–Crippen MR) is 74.0 cm³/mol. The van der Waals surface area contributed by atoms with Gasteiger partial charge >= 0.3 is 5.97 Å². The summed E-state index contributed by atoms with van der Waals surface area (Å²) in [5, 5.41) is 12.4. The summed E-state index contributed by atoms with van der Waals surface area (Å²) in [4.78, 5) is 10.2. The molecule has 0 amide bonds. The lowest BCUT2D eigenvalue weighted by Gasteiger charge is -1.98. The zero-order chi connectivity index (χ0) is 13.2. The first-order chi connectivity index (χ1) is 8.72. The molecule has 0 spiro atoms. The van der Waals surface area contributed by atoms with E-state index in [0.717, 1.165) is 17.4 Å². The van der Waals surface area contributed by atoms with E-state index >= 15 is 0 Å². The number of benzene rings is 1. The van der Waals surface area contributed by atoms with Crippen LogP contribution < -0.4 is 4.74 Å². The second kappa shape index (κ2) is 8.08. The van der Waals surface area contributed by atoms with Gasteiger partial charge in [0.15, 0.2) is 0 Å². The molecule has 2 rings (SSSR count). The molecule has 0 saturated heterocycles. The maximum Gasteiger partial charge on any atom is 0.328 e. The molecule has 1 aromatic heterocycles. The molecule has 18 heavy (non-hydrogen) atoms. The number of thiophene rings is 1. The van der Waals surface area contributed by atoms with Crippen LogP contribution in [0.4, 0.5) is 0 Å². The second-order valence-corrected chi connectivity index (χ2v) is 4.05. The number of carbonyl (C=O) groups is 1. The van der Waals surface area contributed by atoms with Crippen molar-refractivity contribution in [2.24, 2.45) is 0 Å². The van der Waals surface area contributed by atoms with Crippen molar-refractivity contribution in [2.45, 2.75) is 0 Å². The maximum atomic E-state index is 10.2. The van der Waals surface area contributed by atoms with E-state index in [0.29, 0.717) is 0 Å². The molecule has 0 aliphatic heterocycles. The van der Waals surface area contributed by atoms with Crippen LogP contribution in [0.5, 0.6) is 5.75 Å². The zero-order valence-corrected chi connectivity index (χ0v) is 10.8. The second-order valence-electron chi connectivity index (χ2n) is 3.24. The summed E-state index contributed by atoms with van der Waals surface area (Å²) >= 11 is 1.71. The van der Waals surface area contributed by atoms with Crippen LogP contribution >= 0.6 is 11.3 Å². The zero-order valence-electron chi connectivity index (χ0n) is 9.95. The quantitative estimate of drug-likeness (QED) is 0.860. The van der Waals surface area contributed by atoms with E-state index < -0.39 is 5.97 Å². The smallest absolute Gasteiger partial charge is 0.328 e. The monoisotopic (exact) mass is 262 g/mol. The number of rotatable bonds is 3. The van der Waals surface area contributed by atoms with Gasteiger partial charge in [0.05, 0.1) is 7.11 Å². The first-order valence-electron chi connectivity index (χ1n) is 5.24. The normalized spacial score (nSPS) is 9.61. The molecule has 1 N–H and O–H groups in total. The number of methoxy groups -OCH3 is 1. The van der Waals surface area contributed by atoms with Crippen LogP contribution in [0, 0.1) is 0 Å². The van der Waals surface area contributed by atoms with Crippen molar-refractivity contribution in [1.29, 1.82) is 0 Å². The fraction of sp³-hybridized carbons (Fsp3) is 0.0714. The maximum absolute atomic E-state index is 10.2. The van der Waals surface area contributed by atoms with E-state index in [1.54, 1.807) is 42.7 Å². The highest BCUT2D eigenvalue weighted by molar-refractivity contribution is 7.07. The summed E-state index contributed by atoms with van der Waals surface area (Å²) in [7, 11) is 1.59. The average molecular weight is 262 g/mol. The van der Waals surface area contributed by atoms with Gasteiger partial charge in [-0.25, -0.2) is 4.79 Å². The fourth-order valence-electron chi connectivity index (χ4n) is 1.11. The van der Waals surface area contributed by atoms with Crippen molar-refractivity contribution in [3.63, 3.8) is 0 Å². The Hall–Kier alpha value is -2.07. The van der Waals surface area contributed by atoms with E-state index in [4.69, 9.17) is 9.84 Å². The Morgan fingerprint density at radius 1 is 1.22 bits per heavy atom. The Labute approximate surface area is 110 Å². The molecule has 94 valence electrons. The predicted octanol–water partition coefficient (Wildman–Crippen LogP) is 3.54. The van der Waals surface area contributed by atoms with Crippen LogP contribution in [0.1, 0.15) is 5.56 Å². The summed E-state index contributed by atoms with van der Waals surface area (Å²) in [6.07, 6.45) is 2.63. The molecule has 3 nitrogen and oxygen atoms in total. The Morgan fingerprint density at radius 2 is 1.83 bits per heavy atom. The molecule has 2 aromatic rings. The van der Waals surface area contributed by atoms with Crippen LogP contribution in [0.15, 0.2) is 53.2 Å². The molecule has 0 aliphatic carbocycles. The average Bonchev–Trinajstić information content (AvgIpc) is 2.96. The summed E-state index contributed by atoms with van der Waals surface area (Å²) < 4.78 is 4.95. The van der Waals surface area contributed by atoms with Gasteiger partial charge < -0.3 is 9.84 Å². The van der Waals surface area contributed by atoms with Crippen LogP contribution in [-0.2, 0) is 4.79 Å². The molecular weight excluding hydrogens is 248 g/mol. The van der Waals surface area contributed by atoms with Crippen molar-refractivity contribution >= 4 is 23.4 Å². The van der Waals surface area contributed by atoms with Crippen molar-refractivity contribution in [3.05, 3.63) is 58.8 Å². The van der Waals surface area contributed by atoms with Crippen LogP contribution in [0.3, 0.4) is 0 Å². The van der Waals surface area contributed by atoms with Gasteiger partial charge in [-0.05, 0) is 34.5 Å². The molecule has 0 bridgehead atoms. The Kier molecular flexibility index (Phi) is 6.28. The number of carboxylic acid groups (broad SMARTS) is 1. The lowest BCUT2D eigenvalue weighted by molar-refractivity contribution is -0.131. The van der Waals surface area contributed by atoms with E-state index in [1.165, 1.54) is 6.08 Å². The van der Waals surface area contributed by atoms with Gasteiger partial charge in [-0.1, -0.05) is 24.3 Å². The van der Waals surface area contributed by atoms with E-state index in [-0.39, 0.29) is 0 Å². The number of hydrogen-bond acceptors (Lipinski definition) is 3. The largest absolute Gasteiger partial charge is 0.497 e. The fourth-order valence-corrected chi connectivity index (χ4v) is 1.56. The van der Waals surface area contributed by atoms with E-state index in [1.807, 2.05) is 22.9 Å². The number of carboxylic acids is 1. The highest BCUT2D eigenvalue weighted by Crippen LogP contribution is 2.11. The molecule has 0 atom stereocenters. The Morgan fingerprint density at radius 3 is 2.22 bits per heavy atom. The first-order valence-corrected chi connectivity index (χ1v) is 6.19. The first kappa shape index (κ1) is 14.0. The minimum absolute atomic E-state index is 0.757. The lowest BCUT2D eigenvalue weighted by Crippen LogP contribution is -1.86. The van der Waals surface area contributed by atoms with Crippen LogP contribution in [0.2, 0.25) is 0 Å². The van der Waals surface area contributed by atoms with Crippen LogP contribution in [0.25, 0.3) is 6.08 Å². The van der Waals surface area contributed by atoms with Gasteiger partial charge in [0.25, 0.3) is 0 Å². The van der Waals surface area contributed by atoms with E-state index in [9.17, 15) is 4.79 Å². The molecule has 0 unspecified atom stereocenters. The van der Waals surface area contributed by atoms with Crippen molar-refractivity contribution in [3.8, 4) is 5.75 Å². The number of aliphatic carboxylic acids is 1. The summed E-state index contributed by atoms with van der Waals surface area (Å²) in [6.45, 7) is 0. The Bertz CT molecular complexity index is 455. The molecule has 0 aliphatic rings. The molecule has 1 aromatic carbocycles. The lowest BCUT2D eigenvalue weighted by atomic mass is 10.2. The van der Waals surface area contributed by atoms with Gasteiger partial charge in [-0.3, -0.25) is 0 Å². The van der Waals surface area contributed by atoms with Gasteiger partial charge in [0, 0.05) is 6.08 Å². The third kappa shape index (κ3) is 5.86.